The number of nitrogens with zero attached hydrogens (tertiary/aromatic N) is 3. The second-order valence-corrected chi connectivity index (χ2v) is 8.68. The monoisotopic (exact) mass is 391 g/mol. The molecule has 152 valence electrons. The van der Waals surface area contributed by atoms with Gasteiger partial charge in [-0.25, -0.2) is 4.98 Å². The van der Waals surface area contributed by atoms with E-state index in [-0.39, 0.29) is 11.8 Å². The number of piperidine rings is 1. The number of anilines is 1. The zero-order valence-corrected chi connectivity index (χ0v) is 17.3. The van der Waals surface area contributed by atoms with Gasteiger partial charge in [0.1, 0.15) is 11.6 Å². The van der Waals surface area contributed by atoms with E-state index in [9.17, 15) is 9.59 Å². The molecule has 1 aromatic carbocycles. The Kier molecular flexibility index (Phi) is 5.65. The Morgan fingerprint density at radius 2 is 1.83 bits per heavy atom. The van der Waals surface area contributed by atoms with Crippen molar-refractivity contribution in [3.8, 4) is 0 Å². The van der Waals surface area contributed by atoms with E-state index in [4.69, 9.17) is 0 Å². The SMILES string of the molecule is CC(C)CC(=O)C1CCCN(C(=O)c2ccc(N3Cc4ccccc4C3)nc2)C1. The largest absolute Gasteiger partial charge is 0.348 e. The lowest BCUT2D eigenvalue weighted by atomic mass is 9.89. The summed E-state index contributed by atoms with van der Waals surface area (Å²) in [7, 11) is 0. The zero-order chi connectivity index (χ0) is 20.4. The number of carbonyl (C=O) groups is 2. The molecule has 5 nitrogen and oxygen atoms in total. The van der Waals surface area contributed by atoms with Gasteiger partial charge in [-0.05, 0) is 42.0 Å². The van der Waals surface area contributed by atoms with Crippen LogP contribution in [0.5, 0.6) is 0 Å². The Balaban J connectivity index is 1.40. The van der Waals surface area contributed by atoms with Gasteiger partial charge in [0.05, 0.1) is 5.56 Å². The Hall–Kier alpha value is -2.69. The number of aromatic nitrogens is 1. The van der Waals surface area contributed by atoms with E-state index < -0.39 is 0 Å². The van der Waals surface area contributed by atoms with Crippen molar-refractivity contribution in [3.05, 3.63) is 59.3 Å². The Labute approximate surface area is 172 Å². The van der Waals surface area contributed by atoms with Crippen LogP contribution in [0.3, 0.4) is 0 Å². The van der Waals surface area contributed by atoms with E-state index in [1.54, 1.807) is 6.20 Å². The van der Waals surface area contributed by atoms with Crippen LogP contribution in [-0.2, 0) is 17.9 Å². The lowest BCUT2D eigenvalue weighted by molar-refractivity contribution is -0.124. The van der Waals surface area contributed by atoms with E-state index in [0.29, 0.717) is 36.8 Å². The fraction of sp³-hybridized carbons (Fsp3) is 0.458. The molecular formula is C24H29N3O2. The average Bonchev–Trinajstić information content (AvgIpc) is 3.17. The Morgan fingerprint density at radius 3 is 2.45 bits per heavy atom. The standard InChI is InChI=1S/C24H29N3O2/c1-17(2)12-22(28)21-8-5-11-26(16-21)24(29)18-9-10-23(25-13-18)27-14-19-6-3-4-7-20(19)15-27/h3-4,6-7,9-10,13,17,21H,5,8,11-12,14-16H2,1-2H3. The number of carbonyl (C=O) groups excluding carboxylic acids is 2. The molecule has 1 saturated heterocycles. The number of Topliss-reactive ketones (excluding diaryl/α,β-unsaturated/α-hetero) is 1. The highest BCUT2D eigenvalue weighted by atomic mass is 16.2. The molecule has 5 heteroatoms. The van der Waals surface area contributed by atoms with Crippen LogP contribution in [0.15, 0.2) is 42.6 Å². The molecule has 1 amide bonds. The van der Waals surface area contributed by atoms with Crippen LogP contribution in [0.2, 0.25) is 0 Å². The first-order valence-electron chi connectivity index (χ1n) is 10.6. The second kappa shape index (κ2) is 8.36. The molecule has 1 atom stereocenters. The molecule has 29 heavy (non-hydrogen) atoms. The molecular weight excluding hydrogens is 362 g/mol. The first kappa shape index (κ1) is 19.6. The summed E-state index contributed by atoms with van der Waals surface area (Å²) in [6, 6.07) is 12.2. The Bertz CT molecular complexity index is 866. The van der Waals surface area contributed by atoms with Crippen molar-refractivity contribution < 1.29 is 9.59 Å². The number of hydrogen-bond donors (Lipinski definition) is 0. The molecule has 0 spiro atoms. The van der Waals surface area contributed by atoms with Crippen molar-refractivity contribution in [2.75, 3.05) is 18.0 Å². The van der Waals surface area contributed by atoms with Crippen molar-refractivity contribution in [3.63, 3.8) is 0 Å². The number of fused-ring (bicyclic) bond motifs is 1. The summed E-state index contributed by atoms with van der Waals surface area (Å²) in [6.45, 7) is 7.08. The number of amides is 1. The van der Waals surface area contributed by atoms with Crippen LogP contribution in [-0.4, -0.2) is 34.7 Å². The fourth-order valence-corrected chi connectivity index (χ4v) is 4.37. The average molecular weight is 392 g/mol. The van der Waals surface area contributed by atoms with Crippen molar-refractivity contribution in [2.24, 2.45) is 11.8 Å². The maximum absolute atomic E-state index is 13.0. The number of pyridine rings is 1. The molecule has 3 heterocycles. The van der Waals surface area contributed by atoms with Crippen molar-refractivity contribution in [1.82, 2.24) is 9.88 Å². The van der Waals surface area contributed by atoms with Crippen LogP contribution in [0, 0.1) is 11.8 Å². The van der Waals surface area contributed by atoms with Gasteiger partial charge in [-0.2, -0.15) is 0 Å². The lowest BCUT2D eigenvalue weighted by Gasteiger charge is -2.32. The van der Waals surface area contributed by atoms with Crippen LogP contribution < -0.4 is 4.90 Å². The van der Waals surface area contributed by atoms with Gasteiger partial charge in [-0.1, -0.05) is 38.1 Å². The maximum atomic E-state index is 13.0. The van der Waals surface area contributed by atoms with Gasteiger partial charge in [0, 0.05) is 44.7 Å². The van der Waals surface area contributed by atoms with Crippen molar-refractivity contribution in [1.29, 1.82) is 0 Å². The van der Waals surface area contributed by atoms with Gasteiger partial charge in [0.2, 0.25) is 0 Å². The van der Waals surface area contributed by atoms with Gasteiger partial charge in [0.15, 0.2) is 0 Å². The summed E-state index contributed by atoms with van der Waals surface area (Å²) in [4.78, 5) is 34.0. The third-order valence-electron chi connectivity index (χ3n) is 5.93. The van der Waals surface area contributed by atoms with E-state index in [1.165, 1.54) is 11.1 Å². The second-order valence-electron chi connectivity index (χ2n) is 8.68. The van der Waals surface area contributed by atoms with E-state index in [0.717, 1.165) is 31.7 Å². The topological polar surface area (TPSA) is 53.5 Å². The van der Waals surface area contributed by atoms with Crippen LogP contribution in [0.4, 0.5) is 5.82 Å². The number of rotatable bonds is 5. The predicted octanol–water partition coefficient (Wildman–Crippen LogP) is 4.07. The van der Waals surface area contributed by atoms with Gasteiger partial charge in [-0.15, -0.1) is 0 Å². The van der Waals surface area contributed by atoms with Gasteiger partial charge < -0.3 is 9.80 Å². The molecule has 2 aliphatic rings. The summed E-state index contributed by atoms with van der Waals surface area (Å²) in [6.07, 6.45) is 4.06. The molecule has 1 unspecified atom stereocenters. The lowest BCUT2D eigenvalue weighted by Crippen LogP contribution is -2.42. The van der Waals surface area contributed by atoms with Crippen LogP contribution >= 0.6 is 0 Å². The first-order valence-corrected chi connectivity index (χ1v) is 10.6. The van der Waals surface area contributed by atoms with Crippen LogP contribution in [0.1, 0.15) is 54.6 Å². The molecule has 4 rings (SSSR count). The van der Waals surface area contributed by atoms with Crippen molar-refractivity contribution >= 4 is 17.5 Å². The number of likely N-dealkylation sites (tertiary alicyclic amines) is 1. The van der Waals surface area contributed by atoms with Crippen LogP contribution in [0.25, 0.3) is 0 Å². The minimum atomic E-state index is -0.0227. The van der Waals surface area contributed by atoms with Crippen molar-refractivity contribution in [2.45, 2.75) is 46.2 Å². The molecule has 0 N–H and O–H groups in total. The highest BCUT2D eigenvalue weighted by Gasteiger charge is 2.29. The Morgan fingerprint density at radius 1 is 1.10 bits per heavy atom. The minimum Gasteiger partial charge on any atom is -0.348 e. The number of hydrogen-bond acceptors (Lipinski definition) is 4. The normalized spacial score (nSPS) is 18.8. The molecule has 2 aromatic rings. The summed E-state index contributed by atoms with van der Waals surface area (Å²) < 4.78 is 0. The van der Waals surface area contributed by atoms with Gasteiger partial charge >= 0.3 is 0 Å². The van der Waals surface area contributed by atoms with E-state index >= 15 is 0 Å². The molecule has 0 saturated carbocycles. The maximum Gasteiger partial charge on any atom is 0.255 e. The smallest absolute Gasteiger partial charge is 0.255 e. The molecule has 0 aliphatic carbocycles. The van der Waals surface area contributed by atoms with Gasteiger partial charge in [0.25, 0.3) is 5.91 Å². The predicted molar refractivity (Wildman–Crippen MR) is 114 cm³/mol. The first-order chi connectivity index (χ1) is 14.0. The quantitative estimate of drug-likeness (QED) is 0.771. The highest BCUT2D eigenvalue weighted by molar-refractivity contribution is 5.94. The zero-order valence-electron chi connectivity index (χ0n) is 17.3. The van der Waals surface area contributed by atoms with Gasteiger partial charge in [-0.3, -0.25) is 9.59 Å². The minimum absolute atomic E-state index is 0.0178. The van der Waals surface area contributed by atoms with E-state index in [1.807, 2.05) is 17.0 Å². The summed E-state index contributed by atoms with van der Waals surface area (Å²) >= 11 is 0. The molecule has 0 bridgehead atoms. The number of benzene rings is 1. The van der Waals surface area contributed by atoms with E-state index in [2.05, 4.69) is 48.0 Å². The molecule has 1 fully saturated rings. The summed E-state index contributed by atoms with van der Waals surface area (Å²) in [5, 5.41) is 0. The highest BCUT2D eigenvalue weighted by Crippen LogP contribution is 2.27. The number of ketones is 1. The molecule has 1 aromatic heterocycles. The fourth-order valence-electron chi connectivity index (χ4n) is 4.37. The molecule has 2 aliphatic heterocycles. The summed E-state index contributed by atoms with van der Waals surface area (Å²) in [5.41, 5.74) is 3.27. The third kappa shape index (κ3) is 4.34. The molecule has 0 radical (unpaired) electrons. The third-order valence-corrected chi connectivity index (χ3v) is 5.93. The summed E-state index contributed by atoms with van der Waals surface area (Å²) in [5.74, 6) is 1.50.